The maximum Gasteiger partial charge on any atom is 0.251 e. The smallest absolute Gasteiger partial charge is 0.251 e. The molecule has 1 amide bonds. The normalized spacial score (nSPS) is 11.3. The zero-order valence-corrected chi connectivity index (χ0v) is 17.5. The Morgan fingerprint density at radius 3 is 2.60 bits per heavy atom. The molecule has 0 saturated heterocycles. The third-order valence-corrected chi connectivity index (χ3v) is 5.41. The van der Waals surface area contributed by atoms with E-state index >= 15 is 0 Å². The molecule has 2 heterocycles. The van der Waals surface area contributed by atoms with Gasteiger partial charge in [-0.15, -0.1) is 0 Å². The van der Waals surface area contributed by atoms with Gasteiger partial charge in [-0.05, 0) is 38.0 Å². The SMILES string of the molecule is CCc1nc2c(N)nc3ccccc3c2n1CCCCNC(=O)c1ccc(C)cc1. The number of benzene rings is 2. The Bertz CT molecular complexity index is 1190. The number of imidazole rings is 1. The maximum atomic E-state index is 12.3. The predicted octanol–water partition coefficient (Wildman–Crippen LogP) is 4.25. The molecule has 0 fully saturated rings. The van der Waals surface area contributed by atoms with E-state index in [2.05, 4.69) is 27.9 Å². The largest absolute Gasteiger partial charge is 0.382 e. The fraction of sp³-hybridized carbons (Fsp3) is 0.292. The summed E-state index contributed by atoms with van der Waals surface area (Å²) in [6.45, 7) is 5.59. The standard InChI is InChI=1S/C24H27N5O/c1-3-20-28-21-22(18-8-4-5-9-19(18)27-23(21)25)29(20)15-7-6-14-26-24(30)17-12-10-16(2)11-13-17/h4-5,8-13H,3,6-7,14-15H2,1-2H3,(H2,25,27)(H,26,30). The number of anilines is 1. The zero-order chi connectivity index (χ0) is 21.1. The van der Waals surface area contributed by atoms with Crippen molar-refractivity contribution < 1.29 is 4.79 Å². The van der Waals surface area contributed by atoms with Gasteiger partial charge < -0.3 is 15.6 Å². The highest BCUT2D eigenvalue weighted by Crippen LogP contribution is 2.29. The number of rotatable bonds is 7. The fourth-order valence-corrected chi connectivity index (χ4v) is 3.82. The average molecular weight is 402 g/mol. The van der Waals surface area contributed by atoms with Crippen molar-refractivity contribution in [2.45, 2.75) is 39.7 Å². The molecule has 30 heavy (non-hydrogen) atoms. The lowest BCUT2D eigenvalue weighted by molar-refractivity contribution is 0.0953. The van der Waals surface area contributed by atoms with Crippen LogP contribution in [0.5, 0.6) is 0 Å². The van der Waals surface area contributed by atoms with E-state index < -0.39 is 0 Å². The fourth-order valence-electron chi connectivity index (χ4n) is 3.82. The van der Waals surface area contributed by atoms with Crippen LogP contribution in [0.3, 0.4) is 0 Å². The minimum atomic E-state index is -0.0258. The number of nitrogens with one attached hydrogen (secondary N) is 1. The quantitative estimate of drug-likeness (QED) is 0.453. The molecule has 154 valence electrons. The molecular weight excluding hydrogens is 374 g/mol. The van der Waals surface area contributed by atoms with Crippen LogP contribution in [0.25, 0.3) is 21.9 Å². The summed E-state index contributed by atoms with van der Waals surface area (Å²) < 4.78 is 2.26. The molecule has 0 atom stereocenters. The second-order valence-electron chi connectivity index (χ2n) is 7.57. The van der Waals surface area contributed by atoms with Crippen LogP contribution in [0.1, 0.15) is 41.5 Å². The molecule has 0 aliphatic carbocycles. The highest BCUT2D eigenvalue weighted by Gasteiger charge is 2.16. The lowest BCUT2D eigenvalue weighted by Gasteiger charge is -2.11. The van der Waals surface area contributed by atoms with Crippen LogP contribution in [0, 0.1) is 6.92 Å². The number of nitrogen functional groups attached to an aromatic ring is 1. The van der Waals surface area contributed by atoms with Crippen LogP contribution in [0.2, 0.25) is 0 Å². The number of para-hydroxylation sites is 1. The van der Waals surface area contributed by atoms with Crippen molar-refractivity contribution in [1.82, 2.24) is 19.9 Å². The molecule has 4 rings (SSSR count). The van der Waals surface area contributed by atoms with Crippen molar-refractivity contribution in [3.63, 3.8) is 0 Å². The first-order chi connectivity index (χ1) is 14.6. The van der Waals surface area contributed by atoms with Crippen molar-refractivity contribution >= 4 is 33.7 Å². The van der Waals surface area contributed by atoms with E-state index in [1.54, 1.807) is 0 Å². The van der Waals surface area contributed by atoms with Gasteiger partial charge in [0, 0.05) is 30.5 Å². The summed E-state index contributed by atoms with van der Waals surface area (Å²) in [7, 11) is 0. The van der Waals surface area contributed by atoms with Crippen molar-refractivity contribution in [3.05, 3.63) is 65.5 Å². The Kier molecular flexibility index (Phi) is 5.65. The summed E-state index contributed by atoms with van der Waals surface area (Å²) in [5, 5.41) is 4.08. The molecule has 0 bridgehead atoms. The van der Waals surface area contributed by atoms with E-state index in [4.69, 9.17) is 10.7 Å². The topological polar surface area (TPSA) is 85.8 Å². The number of hydrogen-bond acceptors (Lipinski definition) is 4. The second-order valence-corrected chi connectivity index (χ2v) is 7.57. The number of unbranched alkanes of at least 4 members (excludes halogenated alkanes) is 1. The van der Waals surface area contributed by atoms with Crippen LogP contribution >= 0.6 is 0 Å². The highest BCUT2D eigenvalue weighted by atomic mass is 16.1. The van der Waals surface area contributed by atoms with E-state index in [1.807, 2.05) is 49.4 Å². The molecule has 2 aromatic heterocycles. The molecule has 6 heteroatoms. The highest BCUT2D eigenvalue weighted by molar-refractivity contribution is 6.06. The number of hydrogen-bond donors (Lipinski definition) is 2. The summed E-state index contributed by atoms with van der Waals surface area (Å²) >= 11 is 0. The minimum Gasteiger partial charge on any atom is -0.382 e. The van der Waals surface area contributed by atoms with Gasteiger partial charge in [0.15, 0.2) is 5.82 Å². The monoisotopic (exact) mass is 401 g/mol. The first kappa shape index (κ1) is 19.9. The van der Waals surface area contributed by atoms with Crippen molar-refractivity contribution in [2.24, 2.45) is 0 Å². The number of amides is 1. The van der Waals surface area contributed by atoms with E-state index in [0.29, 0.717) is 17.9 Å². The van der Waals surface area contributed by atoms with Gasteiger partial charge in [-0.25, -0.2) is 9.97 Å². The minimum absolute atomic E-state index is 0.0258. The third kappa shape index (κ3) is 3.85. The van der Waals surface area contributed by atoms with Gasteiger partial charge in [0.1, 0.15) is 11.3 Å². The molecule has 2 aromatic carbocycles. The van der Waals surface area contributed by atoms with Gasteiger partial charge in [-0.1, -0.05) is 42.8 Å². The predicted molar refractivity (Wildman–Crippen MR) is 122 cm³/mol. The van der Waals surface area contributed by atoms with Crippen molar-refractivity contribution in [2.75, 3.05) is 12.3 Å². The van der Waals surface area contributed by atoms with Crippen LogP contribution in [-0.4, -0.2) is 27.0 Å². The number of aryl methyl sites for hydroxylation is 3. The molecule has 6 nitrogen and oxygen atoms in total. The zero-order valence-electron chi connectivity index (χ0n) is 17.5. The number of pyridine rings is 1. The Hall–Kier alpha value is -3.41. The van der Waals surface area contributed by atoms with E-state index in [-0.39, 0.29) is 5.91 Å². The number of aromatic nitrogens is 3. The van der Waals surface area contributed by atoms with Crippen LogP contribution in [0.15, 0.2) is 48.5 Å². The van der Waals surface area contributed by atoms with E-state index in [1.165, 1.54) is 0 Å². The van der Waals surface area contributed by atoms with Gasteiger partial charge >= 0.3 is 0 Å². The summed E-state index contributed by atoms with van der Waals surface area (Å²) in [5.74, 6) is 1.46. The number of carbonyl (C=O) groups excluding carboxylic acids is 1. The van der Waals surface area contributed by atoms with E-state index in [0.717, 1.165) is 59.1 Å². The molecule has 0 aliphatic rings. The Labute approximate surface area is 176 Å². The van der Waals surface area contributed by atoms with Crippen LogP contribution in [0.4, 0.5) is 5.82 Å². The molecule has 4 aromatic rings. The molecule has 0 unspecified atom stereocenters. The van der Waals surface area contributed by atoms with Gasteiger partial charge in [-0.3, -0.25) is 4.79 Å². The van der Waals surface area contributed by atoms with E-state index in [9.17, 15) is 4.79 Å². The summed E-state index contributed by atoms with van der Waals surface area (Å²) in [4.78, 5) is 21.5. The molecule has 0 radical (unpaired) electrons. The van der Waals surface area contributed by atoms with Crippen LogP contribution < -0.4 is 11.1 Å². The van der Waals surface area contributed by atoms with Gasteiger partial charge in [0.05, 0.1) is 11.0 Å². The first-order valence-electron chi connectivity index (χ1n) is 10.5. The Morgan fingerprint density at radius 1 is 1.07 bits per heavy atom. The van der Waals surface area contributed by atoms with Crippen molar-refractivity contribution in [1.29, 1.82) is 0 Å². The molecule has 0 spiro atoms. The summed E-state index contributed by atoms with van der Waals surface area (Å²) in [5.41, 5.74) is 10.8. The van der Waals surface area contributed by atoms with Gasteiger partial charge in [-0.2, -0.15) is 0 Å². The number of nitrogens with zero attached hydrogens (tertiary/aromatic N) is 3. The average Bonchev–Trinajstić information content (AvgIpc) is 3.13. The Morgan fingerprint density at radius 2 is 1.83 bits per heavy atom. The molecule has 3 N–H and O–H groups in total. The summed E-state index contributed by atoms with van der Waals surface area (Å²) in [6.07, 6.45) is 2.65. The van der Waals surface area contributed by atoms with Crippen molar-refractivity contribution in [3.8, 4) is 0 Å². The van der Waals surface area contributed by atoms with Gasteiger partial charge in [0.2, 0.25) is 0 Å². The lowest BCUT2D eigenvalue weighted by atomic mass is 10.1. The van der Waals surface area contributed by atoms with Gasteiger partial charge in [0.25, 0.3) is 5.91 Å². The first-order valence-corrected chi connectivity index (χ1v) is 10.5. The maximum absolute atomic E-state index is 12.3. The lowest BCUT2D eigenvalue weighted by Crippen LogP contribution is -2.24. The van der Waals surface area contributed by atoms with Crippen LogP contribution in [-0.2, 0) is 13.0 Å². The number of nitrogens with two attached hydrogens (primary N) is 1. The number of carbonyl (C=O) groups is 1. The molecule has 0 aliphatic heterocycles. The summed E-state index contributed by atoms with van der Waals surface area (Å²) in [6, 6.07) is 15.7. The molecular formula is C24H27N5O. The Balaban J connectivity index is 1.46. The number of fused-ring (bicyclic) bond motifs is 3. The second kappa shape index (κ2) is 8.53. The molecule has 0 saturated carbocycles. The third-order valence-electron chi connectivity index (χ3n) is 5.41.